The number of rotatable bonds is 3. The SMILES string of the molecule is [Bi+3].[S-]Cc1ccccc1.[S-]Cc1ccccc1.[S-]Cc1ccccc1. The zero-order valence-electron chi connectivity index (χ0n) is 14.0. The van der Waals surface area contributed by atoms with E-state index in [4.69, 9.17) is 37.9 Å². The summed E-state index contributed by atoms with van der Waals surface area (Å²) in [5, 5.41) is 0. The Bertz CT molecular complexity index is 537. The van der Waals surface area contributed by atoms with Crippen LogP contribution in [0.4, 0.5) is 0 Å². The van der Waals surface area contributed by atoms with E-state index in [0.29, 0.717) is 0 Å². The van der Waals surface area contributed by atoms with Crippen LogP contribution in [0.5, 0.6) is 0 Å². The number of hydrogen-bond donors (Lipinski definition) is 0. The minimum absolute atomic E-state index is 0. The predicted molar refractivity (Wildman–Crippen MR) is 118 cm³/mol. The van der Waals surface area contributed by atoms with Crippen LogP contribution in [0.15, 0.2) is 91.0 Å². The van der Waals surface area contributed by atoms with Crippen LogP contribution >= 0.6 is 0 Å². The van der Waals surface area contributed by atoms with Gasteiger partial charge in [0.1, 0.15) is 0 Å². The molecular formula is C21H21BiS3. The van der Waals surface area contributed by atoms with Crippen molar-refractivity contribution in [3.05, 3.63) is 108 Å². The van der Waals surface area contributed by atoms with E-state index in [0.717, 1.165) is 17.3 Å². The molecule has 0 fully saturated rings. The van der Waals surface area contributed by atoms with E-state index in [1.54, 1.807) is 0 Å². The molecule has 0 spiro atoms. The van der Waals surface area contributed by atoms with Gasteiger partial charge in [0.05, 0.1) is 0 Å². The van der Waals surface area contributed by atoms with Gasteiger partial charge in [0.15, 0.2) is 0 Å². The molecule has 0 N–H and O–H groups in total. The van der Waals surface area contributed by atoms with E-state index in [9.17, 15) is 0 Å². The van der Waals surface area contributed by atoms with Crippen LogP contribution in [-0.4, -0.2) is 26.2 Å². The summed E-state index contributed by atoms with van der Waals surface area (Å²) < 4.78 is 0. The first-order chi connectivity index (χ1) is 11.8. The van der Waals surface area contributed by atoms with E-state index in [1.165, 1.54) is 16.7 Å². The fourth-order valence-corrected chi connectivity index (χ4v) is 2.30. The molecule has 0 nitrogen and oxygen atoms in total. The largest absolute Gasteiger partial charge is 3.00 e. The van der Waals surface area contributed by atoms with Crippen LogP contribution in [0.2, 0.25) is 0 Å². The van der Waals surface area contributed by atoms with E-state index in [2.05, 4.69) is 0 Å². The normalized spacial score (nSPS) is 8.76. The molecule has 3 rings (SSSR count). The minimum atomic E-state index is 0. The zero-order chi connectivity index (χ0) is 17.5. The Morgan fingerprint density at radius 2 is 0.600 bits per heavy atom. The Balaban J connectivity index is 0.000000339. The third-order valence-corrected chi connectivity index (χ3v) is 4.03. The smallest absolute Gasteiger partial charge is 0.788 e. The van der Waals surface area contributed by atoms with Crippen molar-refractivity contribution in [1.29, 1.82) is 0 Å². The molecular weight excluding hydrogens is 557 g/mol. The average Bonchev–Trinajstić information content (AvgIpc) is 2.71. The fourth-order valence-electron chi connectivity index (χ4n) is 1.72. The molecule has 0 aromatic heterocycles. The summed E-state index contributed by atoms with van der Waals surface area (Å²) in [6, 6.07) is 30.2. The summed E-state index contributed by atoms with van der Waals surface area (Å²) in [5.41, 5.74) is 3.67. The molecule has 0 bridgehead atoms. The van der Waals surface area contributed by atoms with Crippen LogP contribution in [0.1, 0.15) is 16.7 Å². The molecule has 0 aliphatic carbocycles. The maximum Gasteiger partial charge on any atom is 3.00 e. The van der Waals surface area contributed by atoms with Gasteiger partial charge in [-0.1, -0.05) is 108 Å². The molecule has 0 unspecified atom stereocenters. The van der Waals surface area contributed by atoms with Gasteiger partial charge in [0, 0.05) is 0 Å². The van der Waals surface area contributed by atoms with Gasteiger partial charge < -0.3 is 37.9 Å². The maximum atomic E-state index is 4.82. The van der Waals surface area contributed by atoms with Crippen molar-refractivity contribution in [3.63, 3.8) is 0 Å². The van der Waals surface area contributed by atoms with Crippen molar-refractivity contribution in [3.8, 4) is 0 Å². The van der Waals surface area contributed by atoms with Crippen molar-refractivity contribution in [2.24, 2.45) is 0 Å². The second-order valence-electron chi connectivity index (χ2n) is 4.89. The third-order valence-electron chi connectivity index (χ3n) is 3.03. The van der Waals surface area contributed by atoms with Crippen molar-refractivity contribution < 1.29 is 0 Å². The Labute approximate surface area is 187 Å². The third kappa shape index (κ3) is 12.6. The molecule has 0 aliphatic heterocycles. The van der Waals surface area contributed by atoms with Crippen molar-refractivity contribution >= 4 is 64.1 Å². The van der Waals surface area contributed by atoms with Crippen LogP contribution < -0.4 is 0 Å². The van der Waals surface area contributed by atoms with Gasteiger partial charge in [-0.15, -0.1) is 0 Å². The van der Waals surface area contributed by atoms with Gasteiger partial charge in [-0.05, 0) is 0 Å². The molecule has 0 aliphatic rings. The average molecular weight is 579 g/mol. The molecule has 0 saturated heterocycles. The summed E-state index contributed by atoms with van der Waals surface area (Å²) in [6.07, 6.45) is 0. The first kappa shape index (κ1) is 24.6. The van der Waals surface area contributed by atoms with E-state index < -0.39 is 0 Å². The summed E-state index contributed by atoms with van der Waals surface area (Å²) >= 11 is 14.5. The fraction of sp³-hybridized carbons (Fsp3) is 0.143. The molecule has 0 heterocycles. The Morgan fingerprint density at radius 3 is 0.720 bits per heavy atom. The summed E-state index contributed by atoms with van der Waals surface area (Å²) in [5.74, 6) is 2.17. The maximum absolute atomic E-state index is 4.82. The van der Waals surface area contributed by atoms with Gasteiger partial charge in [-0.25, -0.2) is 0 Å². The topological polar surface area (TPSA) is 0 Å². The summed E-state index contributed by atoms with van der Waals surface area (Å²) in [4.78, 5) is 0. The predicted octanol–water partition coefficient (Wildman–Crippen LogP) is 4.82. The van der Waals surface area contributed by atoms with E-state index >= 15 is 0 Å². The van der Waals surface area contributed by atoms with Gasteiger partial charge in [0.2, 0.25) is 0 Å². The van der Waals surface area contributed by atoms with Gasteiger partial charge in [0.25, 0.3) is 0 Å². The van der Waals surface area contributed by atoms with Gasteiger partial charge >= 0.3 is 26.2 Å². The van der Waals surface area contributed by atoms with E-state index in [1.807, 2.05) is 91.0 Å². The van der Waals surface area contributed by atoms with E-state index in [-0.39, 0.29) is 26.2 Å². The monoisotopic (exact) mass is 578 g/mol. The molecule has 4 heteroatoms. The van der Waals surface area contributed by atoms with Crippen LogP contribution in [0, 0.1) is 0 Å². The van der Waals surface area contributed by atoms with Gasteiger partial charge in [-0.3, -0.25) is 0 Å². The molecule has 0 atom stereocenters. The standard InChI is InChI=1S/3C7H8S.Bi/c3*8-6-7-4-2-1-3-5-7;/h3*1-5,8H,6H2;/q;;;+3/p-3. The molecule has 0 saturated carbocycles. The quantitative estimate of drug-likeness (QED) is 0.323. The van der Waals surface area contributed by atoms with Gasteiger partial charge in [-0.2, -0.15) is 17.3 Å². The van der Waals surface area contributed by atoms with Crippen molar-refractivity contribution in [2.75, 3.05) is 0 Å². The zero-order valence-corrected chi connectivity index (χ0v) is 19.9. The Hall–Kier alpha value is -0.407. The molecule has 2 radical (unpaired) electrons. The first-order valence-corrected chi connectivity index (χ1v) is 9.39. The molecule has 128 valence electrons. The van der Waals surface area contributed by atoms with Crippen LogP contribution in [0.3, 0.4) is 0 Å². The first-order valence-electron chi connectivity index (χ1n) is 7.66. The number of hydrogen-bond acceptors (Lipinski definition) is 3. The summed E-state index contributed by atoms with van der Waals surface area (Å²) in [6.45, 7) is 0. The van der Waals surface area contributed by atoms with Crippen molar-refractivity contribution in [1.82, 2.24) is 0 Å². The number of benzene rings is 3. The Morgan fingerprint density at radius 1 is 0.400 bits per heavy atom. The van der Waals surface area contributed by atoms with Crippen LogP contribution in [-0.2, 0) is 55.1 Å². The molecule has 0 amide bonds. The Kier molecular flexibility index (Phi) is 16.8. The second-order valence-corrected chi connectivity index (χ2v) is 5.76. The summed E-state index contributed by atoms with van der Waals surface area (Å²) in [7, 11) is 0. The molecule has 3 aromatic carbocycles. The molecule has 3 aromatic rings. The van der Waals surface area contributed by atoms with Crippen LogP contribution in [0.25, 0.3) is 0 Å². The van der Waals surface area contributed by atoms with Crippen molar-refractivity contribution in [2.45, 2.75) is 17.3 Å². The second kappa shape index (κ2) is 17.0. The molecule has 25 heavy (non-hydrogen) atoms. The minimum Gasteiger partial charge on any atom is -0.788 e.